The molecule has 15 heavy (non-hydrogen) atoms. The van der Waals surface area contributed by atoms with E-state index >= 15 is 0 Å². The van der Waals surface area contributed by atoms with E-state index in [9.17, 15) is 0 Å². The van der Waals surface area contributed by atoms with E-state index in [-0.39, 0.29) is 0 Å². The summed E-state index contributed by atoms with van der Waals surface area (Å²) in [7, 11) is 0. The monoisotopic (exact) mass is 208 g/mol. The first-order valence-corrected chi connectivity index (χ1v) is 5.65. The Morgan fingerprint density at radius 3 is 2.93 bits per heavy atom. The topological polar surface area (TPSA) is 34.2 Å². The van der Waals surface area contributed by atoms with Gasteiger partial charge in [0.2, 0.25) is 5.88 Å². The first-order chi connectivity index (χ1) is 7.36. The molecule has 0 atom stereocenters. The van der Waals surface area contributed by atoms with Crippen LogP contribution in [0.3, 0.4) is 0 Å². The molecule has 0 saturated heterocycles. The second-order valence-corrected chi connectivity index (χ2v) is 3.53. The van der Waals surface area contributed by atoms with E-state index in [1.165, 1.54) is 5.56 Å². The van der Waals surface area contributed by atoms with Gasteiger partial charge >= 0.3 is 0 Å². The van der Waals surface area contributed by atoms with Crippen LogP contribution in [-0.2, 0) is 6.54 Å². The molecule has 0 aliphatic heterocycles. The third kappa shape index (κ3) is 4.79. The summed E-state index contributed by atoms with van der Waals surface area (Å²) in [5.74, 6) is 0.729. The van der Waals surface area contributed by atoms with Crippen molar-refractivity contribution in [3.63, 3.8) is 0 Å². The van der Waals surface area contributed by atoms with Crippen molar-refractivity contribution in [2.45, 2.75) is 33.2 Å². The largest absolute Gasteiger partial charge is 0.478 e. The van der Waals surface area contributed by atoms with Crippen LogP contribution in [-0.4, -0.2) is 18.1 Å². The van der Waals surface area contributed by atoms with Gasteiger partial charge < -0.3 is 10.1 Å². The van der Waals surface area contributed by atoms with Crippen LogP contribution < -0.4 is 10.1 Å². The number of nitrogens with zero attached hydrogens (tertiary/aromatic N) is 1. The molecule has 0 fully saturated rings. The maximum Gasteiger partial charge on any atom is 0.213 e. The standard InChI is InChI=1S/C12H20N2O/c1-3-6-13-10-11-5-7-14-12(9-11)15-8-4-2/h5,7,9,13H,3-4,6,8,10H2,1-2H3. The quantitative estimate of drug-likeness (QED) is 0.698. The lowest BCUT2D eigenvalue weighted by molar-refractivity contribution is 0.305. The SMILES string of the molecule is CCCNCc1ccnc(OCCC)c1. The Morgan fingerprint density at radius 1 is 1.33 bits per heavy atom. The van der Waals surface area contributed by atoms with Gasteiger partial charge in [0.05, 0.1) is 6.61 Å². The first kappa shape index (κ1) is 12.0. The molecule has 0 radical (unpaired) electrons. The Morgan fingerprint density at radius 2 is 2.20 bits per heavy atom. The van der Waals surface area contributed by atoms with Crippen molar-refractivity contribution in [1.29, 1.82) is 0 Å². The highest BCUT2D eigenvalue weighted by atomic mass is 16.5. The highest BCUT2D eigenvalue weighted by molar-refractivity contribution is 5.20. The Balaban J connectivity index is 2.42. The molecule has 3 heteroatoms. The summed E-state index contributed by atoms with van der Waals surface area (Å²) < 4.78 is 5.46. The van der Waals surface area contributed by atoms with Crippen LogP contribution in [0.5, 0.6) is 5.88 Å². The zero-order valence-electron chi connectivity index (χ0n) is 9.62. The molecule has 0 bridgehead atoms. The van der Waals surface area contributed by atoms with E-state index in [1.807, 2.05) is 12.1 Å². The molecule has 0 amide bonds. The van der Waals surface area contributed by atoms with Gasteiger partial charge in [-0.3, -0.25) is 0 Å². The molecule has 1 aromatic heterocycles. The fourth-order valence-corrected chi connectivity index (χ4v) is 1.26. The van der Waals surface area contributed by atoms with E-state index in [1.54, 1.807) is 6.20 Å². The van der Waals surface area contributed by atoms with Gasteiger partial charge in [0.15, 0.2) is 0 Å². The lowest BCUT2D eigenvalue weighted by atomic mass is 10.2. The Bertz CT molecular complexity index is 276. The molecule has 1 aromatic rings. The summed E-state index contributed by atoms with van der Waals surface area (Å²) in [5, 5.41) is 3.35. The van der Waals surface area contributed by atoms with Crippen molar-refractivity contribution in [2.24, 2.45) is 0 Å². The van der Waals surface area contributed by atoms with Crippen molar-refractivity contribution in [2.75, 3.05) is 13.2 Å². The summed E-state index contributed by atoms with van der Waals surface area (Å²) in [6, 6.07) is 4.01. The van der Waals surface area contributed by atoms with Crippen molar-refractivity contribution in [3.8, 4) is 5.88 Å². The Hall–Kier alpha value is -1.09. The summed E-state index contributed by atoms with van der Waals surface area (Å²) in [6.45, 7) is 6.92. The molecule has 0 aliphatic carbocycles. The van der Waals surface area contributed by atoms with E-state index in [4.69, 9.17) is 4.74 Å². The number of ether oxygens (including phenoxy) is 1. The van der Waals surface area contributed by atoms with Crippen molar-refractivity contribution in [1.82, 2.24) is 10.3 Å². The van der Waals surface area contributed by atoms with E-state index < -0.39 is 0 Å². The van der Waals surface area contributed by atoms with E-state index in [0.717, 1.165) is 38.4 Å². The third-order valence-electron chi connectivity index (χ3n) is 2.01. The average molecular weight is 208 g/mol. The number of hydrogen-bond acceptors (Lipinski definition) is 3. The van der Waals surface area contributed by atoms with Crippen LogP contribution in [0.15, 0.2) is 18.3 Å². The number of nitrogens with one attached hydrogen (secondary N) is 1. The summed E-state index contributed by atoms with van der Waals surface area (Å²) in [5.41, 5.74) is 1.23. The number of hydrogen-bond donors (Lipinski definition) is 1. The van der Waals surface area contributed by atoms with Crippen LogP contribution in [0.2, 0.25) is 0 Å². The fraction of sp³-hybridized carbons (Fsp3) is 0.583. The maximum absolute atomic E-state index is 5.46. The predicted octanol–water partition coefficient (Wildman–Crippen LogP) is 2.37. The van der Waals surface area contributed by atoms with Gasteiger partial charge in [-0.15, -0.1) is 0 Å². The van der Waals surface area contributed by atoms with Crippen LogP contribution in [0.25, 0.3) is 0 Å². The molecule has 1 heterocycles. The number of aromatic nitrogens is 1. The van der Waals surface area contributed by atoms with Crippen LogP contribution in [0.4, 0.5) is 0 Å². The minimum absolute atomic E-state index is 0.729. The average Bonchev–Trinajstić information content (AvgIpc) is 2.27. The van der Waals surface area contributed by atoms with Gasteiger partial charge in [0.1, 0.15) is 0 Å². The van der Waals surface area contributed by atoms with E-state index in [0.29, 0.717) is 0 Å². The Kier molecular flexibility index (Phi) is 5.78. The van der Waals surface area contributed by atoms with Crippen molar-refractivity contribution >= 4 is 0 Å². The molecule has 0 saturated carbocycles. The molecule has 0 aromatic carbocycles. The second-order valence-electron chi connectivity index (χ2n) is 3.53. The fourth-order valence-electron chi connectivity index (χ4n) is 1.26. The van der Waals surface area contributed by atoms with Crippen molar-refractivity contribution < 1.29 is 4.74 Å². The van der Waals surface area contributed by atoms with Crippen LogP contribution in [0.1, 0.15) is 32.3 Å². The molecule has 0 unspecified atom stereocenters. The molecular weight excluding hydrogens is 188 g/mol. The minimum atomic E-state index is 0.729. The van der Waals surface area contributed by atoms with Gasteiger partial charge in [0.25, 0.3) is 0 Å². The van der Waals surface area contributed by atoms with Gasteiger partial charge in [-0.2, -0.15) is 0 Å². The maximum atomic E-state index is 5.46. The lowest BCUT2D eigenvalue weighted by Gasteiger charge is -2.06. The van der Waals surface area contributed by atoms with Gasteiger partial charge in [0, 0.05) is 18.8 Å². The predicted molar refractivity (Wildman–Crippen MR) is 62.0 cm³/mol. The summed E-state index contributed by atoms with van der Waals surface area (Å²) >= 11 is 0. The zero-order valence-corrected chi connectivity index (χ0v) is 9.62. The van der Waals surface area contributed by atoms with E-state index in [2.05, 4.69) is 24.1 Å². The molecular formula is C12H20N2O. The highest BCUT2D eigenvalue weighted by Gasteiger charge is 1.97. The lowest BCUT2D eigenvalue weighted by Crippen LogP contribution is -2.13. The van der Waals surface area contributed by atoms with Gasteiger partial charge in [-0.25, -0.2) is 4.98 Å². The smallest absolute Gasteiger partial charge is 0.213 e. The first-order valence-electron chi connectivity index (χ1n) is 5.65. The third-order valence-corrected chi connectivity index (χ3v) is 2.01. The molecule has 0 spiro atoms. The zero-order chi connectivity index (χ0) is 10.9. The molecule has 84 valence electrons. The minimum Gasteiger partial charge on any atom is -0.478 e. The van der Waals surface area contributed by atoms with Gasteiger partial charge in [-0.05, 0) is 31.0 Å². The summed E-state index contributed by atoms with van der Waals surface area (Å²) in [4.78, 5) is 4.16. The molecule has 1 rings (SSSR count). The molecule has 1 N–H and O–H groups in total. The normalized spacial score (nSPS) is 10.3. The number of pyridine rings is 1. The molecule has 3 nitrogen and oxygen atoms in total. The number of rotatable bonds is 7. The molecule has 0 aliphatic rings. The summed E-state index contributed by atoms with van der Waals surface area (Å²) in [6.07, 6.45) is 3.97. The van der Waals surface area contributed by atoms with Crippen LogP contribution >= 0.6 is 0 Å². The highest BCUT2D eigenvalue weighted by Crippen LogP contribution is 2.09. The second kappa shape index (κ2) is 7.23. The Labute approximate surface area is 91.9 Å². The van der Waals surface area contributed by atoms with Crippen LogP contribution in [0, 0.1) is 0 Å². The van der Waals surface area contributed by atoms with Gasteiger partial charge in [-0.1, -0.05) is 13.8 Å². The van der Waals surface area contributed by atoms with Crippen molar-refractivity contribution in [3.05, 3.63) is 23.9 Å².